The van der Waals surface area contributed by atoms with Crippen molar-refractivity contribution >= 4 is 15.9 Å². The van der Waals surface area contributed by atoms with Crippen LogP contribution in [0.5, 0.6) is 0 Å². The van der Waals surface area contributed by atoms with Gasteiger partial charge < -0.3 is 10.1 Å². The maximum Gasteiger partial charge on any atom is 0.251 e. The zero-order valence-electron chi connectivity index (χ0n) is 14.5. The molecule has 1 aliphatic rings. The molecule has 1 fully saturated rings. The highest BCUT2D eigenvalue weighted by atomic mass is 32.2. The first kappa shape index (κ1) is 18.6. The van der Waals surface area contributed by atoms with Crippen molar-refractivity contribution in [3.8, 4) is 0 Å². The van der Waals surface area contributed by atoms with Crippen LogP contribution in [0.4, 0.5) is 0 Å². The Morgan fingerprint density at radius 2 is 2.23 bits per heavy atom. The molecule has 1 N–H and O–H groups in total. The van der Waals surface area contributed by atoms with Crippen molar-refractivity contribution in [3.63, 3.8) is 0 Å². The number of rotatable bonds is 6. The van der Waals surface area contributed by atoms with Gasteiger partial charge in [-0.3, -0.25) is 9.48 Å². The second-order valence-electron chi connectivity index (χ2n) is 6.23. The van der Waals surface area contributed by atoms with Crippen molar-refractivity contribution in [2.24, 2.45) is 0 Å². The minimum absolute atomic E-state index is 0.215. The maximum absolute atomic E-state index is 12.4. The molecule has 3 rings (SSSR count). The van der Waals surface area contributed by atoms with E-state index in [0.29, 0.717) is 25.3 Å². The van der Waals surface area contributed by atoms with Gasteiger partial charge in [0.15, 0.2) is 0 Å². The monoisotopic (exact) mass is 378 g/mol. The van der Waals surface area contributed by atoms with Crippen LogP contribution in [-0.2, 0) is 21.3 Å². The maximum atomic E-state index is 12.4. The fraction of sp³-hybridized carbons (Fsp3) is 0.412. The Morgan fingerprint density at radius 1 is 1.38 bits per heavy atom. The molecule has 0 spiro atoms. The number of nitrogens with one attached hydrogen (secondary N) is 1. The van der Waals surface area contributed by atoms with E-state index in [4.69, 9.17) is 4.74 Å². The number of hydrogen-bond acceptors (Lipinski definition) is 5. The Balaban J connectivity index is 1.56. The number of ether oxygens (including phenoxy) is 1. The molecule has 1 aromatic heterocycles. The Kier molecular flexibility index (Phi) is 5.70. The average Bonchev–Trinajstić information content (AvgIpc) is 3.12. The highest BCUT2D eigenvalue weighted by Gasteiger charge is 2.26. The van der Waals surface area contributed by atoms with Crippen LogP contribution in [0.15, 0.2) is 42.7 Å². The molecule has 2 aromatic rings. The van der Waals surface area contributed by atoms with Crippen LogP contribution in [0.1, 0.15) is 15.9 Å². The van der Waals surface area contributed by atoms with Gasteiger partial charge in [0.05, 0.1) is 25.5 Å². The summed E-state index contributed by atoms with van der Waals surface area (Å²) in [4.78, 5) is 12.4. The van der Waals surface area contributed by atoms with Gasteiger partial charge in [0.1, 0.15) is 0 Å². The van der Waals surface area contributed by atoms with Crippen LogP contribution in [0.2, 0.25) is 0 Å². The van der Waals surface area contributed by atoms with Gasteiger partial charge in [-0.05, 0) is 23.8 Å². The largest absolute Gasteiger partial charge is 0.374 e. The third-order valence-corrected chi connectivity index (χ3v) is 5.42. The molecular formula is C17H22N4O4S. The summed E-state index contributed by atoms with van der Waals surface area (Å²) in [6.45, 7) is 1.77. The minimum atomic E-state index is -3.25. The molecule has 1 amide bonds. The quantitative estimate of drug-likeness (QED) is 0.781. The lowest BCUT2D eigenvalue weighted by atomic mass is 10.1. The fourth-order valence-corrected chi connectivity index (χ4v) is 3.66. The molecule has 9 heteroatoms. The van der Waals surface area contributed by atoms with Crippen LogP contribution in [-0.4, -0.2) is 67.0 Å². The van der Waals surface area contributed by atoms with Crippen molar-refractivity contribution in [2.75, 3.05) is 32.5 Å². The number of nitrogens with zero attached hydrogens (tertiary/aromatic N) is 3. The van der Waals surface area contributed by atoms with Crippen LogP contribution in [0.25, 0.3) is 0 Å². The van der Waals surface area contributed by atoms with Gasteiger partial charge in [-0.15, -0.1) is 0 Å². The first-order chi connectivity index (χ1) is 12.4. The van der Waals surface area contributed by atoms with E-state index in [0.717, 1.165) is 5.56 Å². The number of hydrogen-bond donors (Lipinski definition) is 1. The van der Waals surface area contributed by atoms with E-state index < -0.39 is 10.0 Å². The van der Waals surface area contributed by atoms with Crippen LogP contribution < -0.4 is 5.32 Å². The molecule has 1 atom stereocenters. The molecule has 0 radical (unpaired) electrons. The van der Waals surface area contributed by atoms with Crippen molar-refractivity contribution in [2.45, 2.75) is 12.6 Å². The third kappa shape index (κ3) is 4.90. The summed E-state index contributed by atoms with van der Waals surface area (Å²) < 4.78 is 32.0. The smallest absolute Gasteiger partial charge is 0.251 e. The highest BCUT2D eigenvalue weighted by Crippen LogP contribution is 2.10. The number of morpholine rings is 1. The zero-order valence-corrected chi connectivity index (χ0v) is 15.4. The lowest BCUT2D eigenvalue weighted by Gasteiger charge is -2.31. The molecule has 140 valence electrons. The first-order valence-electron chi connectivity index (χ1n) is 8.33. The summed E-state index contributed by atoms with van der Waals surface area (Å²) in [5.74, 6) is -0.215. The predicted molar refractivity (Wildman–Crippen MR) is 96.3 cm³/mol. The lowest BCUT2D eigenvalue weighted by molar-refractivity contribution is 0.000438. The minimum Gasteiger partial charge on any atom is -0.374 e. The summed E-state index contributed by atoms with van der Waals surface area (Å²) in [5.41, 5.74) is 1.52. The molecule has 2 heterocycles. The molecule has 0 unspecified atom stereocenters. The van der Waals surface area contributed by atoms with E-state index in [-0.39, 0.29) is 25.1 Å². The summed E-state index contributed by atoms with van der Waals surface area (Å²) in [6, 6.07) is 9.18. The Morgan fingerprint density at radius 3 is 2.96 bits per heavy atom. The van der Waals surface area contributed by atoms with E-state index in [1.165, 1.54) is 10.6 Å². The summed E-state index contributed by atoms with van der Waals surface area (Å²) in [6.07, 6.45) is 4.40. The van der Waals surface area contributed by atoms with E-state index in [9.17, 15) is 13.2 Å². The van der Waals surface area contributed by atoms with Gasteiger partial charge in [-0.1, -0.05) is 12.1 Å². The highest BCUT2D eigenvalue weighted by molar-refractivity contribution is 7.88. The van der Waals surface area contributed by atoms with Gasteiger partial charge in [-0.25, -0.2) is 8.42 Å². The Hall–Kier alpha value is -2.23. The van der Waals surface area contributed by atoms with E-state index in [1.807, 2.05) is 30.5 Å². The van der Waals surface area contributed by atoms with Gasteiger partial charge in [0.25, 0.3) is 5.91 Å². The summed E-state index contributed by atoms with van der Waals surface area (Å²) >= 11 is 0. The second-order valence-corrected chi connectivity index (χ2v) is 8.21. The first-order valence-corrected chi connectivity index (χ1v) is 10.2. The number of carbonyl (C=O) groups is 1. The lowest BCUT2D eigenvalue weighted by Crippen LogP contribution is -2.49. The Labute approximate surface area is 152 Å². The summed E-state index contributed by atoms with van der Waals surface area (Å²) in [7, 11) is -3.25. The molecule has 0 aliphatic carbocycles. The fourth-order valence-electron chi connectivity index (χ4n) is 2.82. The van der Waals surface area contributed by atoms with E-state index in [1.54, 1.807) is 16.9 Å². The van der Waals surface area contributed by atoms with Gasteiger partial charge >= 0.3 is 0 Å². The number of carbonyl (C=O) groups excluding carboxylic acids is 1. The predicted octanol–water partition coefficient (Wildman–Crippen LogP) is 0.322. The molecule has 8 nitrogen and oxygen atoms in total. The summed E-state index contributed by atoms with van der Waals surface area (Å²) in [5, 5.41) is 6.98. The van der Waals surface area contributed by atoms with Crippen LogP contribution in [0, 0.1) is 0 Å². The number of sulfonamides is 1. The zero-order chi connectivity index (χ0) is 18.6. The van der Waals surface area contributed by atoms with E-state index in [2.05, 4.69) is 10.4 Å². The molecule has 26 heavy (non-hydrogen) atoms. The molecule has 0 saturated carbocycles. The average molecular weight is 378 g/mol. The van der Waals surface area contributed by atoms with Crippen LogP contribution in [0.3, 0.4) is 0 Å². The molecular weight excluding hydrogens is 356 g/mol. The SMILES string of the molecule is CS(=O)(=O)N1CCO[C@@H](CNC(=O)c2cccc(Cn3cccn3)c2)C1. The number of amides is 1. The van der Waals surface area contributed by atoms with Gasteiger partial charge in [0, 0.05) is 37.6 Å². The topological polar surface area (TPSA) is 93.5 Å². The van der Waals surface area contributed by atoms with Crippen molar-refractivity contribution in [3.05, 3.63) is 53.9 Å². The molecule has 1 aliphatic heterocycles. The Bertz CT molecular complexity index is 851. The molecule has 0 bridgehead atoms. The van der Waals surface area contributed by atoms with Crippen molar-refractivity contribution < 1.29 is 17.9 Å². The molecule has 1 saturated heterocycles. The standard InChI is InChI=1S/C17H22N4O4S/c1-26(23,24)21-8-9-25-16(13-21)11-18-17(22)15-5-2-4-14(10-15)12-20-7-3-6-19-20/h2-7,10,16H,8-9,11-13H2,1H3,(H,18,22)/t16-/m0/s1. The van der Waals surface area contributed by atoms with Crippen molar-refractivity contribution in [1.82, 2.24) is 19.4 Å². The third-order valence-electron chi connectivity index (χ3n) is 4.15. The van der Waals surface area contributed by atoms with E-state index >= 15 is 0 Å². The van der Waals surface area contributed by atoms with Crippen molar-refractivity contribution in [1.29, 1.82) is 0 Å². The van der Waals surface area contributed by atoms with Gasteiger partial charge in [0.2, 0.25) is 10.0 Å². The second kappa shape index (κ2) is 7.98. The number of benzene rings is 1. The van der Waals surface area contributed by atoms with Gasteiger partial charge in [-0.2, -0.15) is 9.40 Å². The molecule has 1 aromatic carbocycles. The number of aromatic nitrogens is 2. The van der Waals surface area contributed by atoms with Crippen LogP contribution >= 0.6 is 0 Å². The normalized spacial score (nSPS) is 18.6.